The van der Waals surface area contributed by atoms with Gasteiger partial charge in [0, 0.05) is 23.2 Å². The van der Waals surface area contributed by atoms with E-state index in [0.29, 0.717) is 29.0 Å². The molecule has 0 saturated heterocycles. The van der Waals surface area contributed by atoms with Crippen molar-refractivity contribution < 1.29 is 4.79 Å². The molecular formula is C20H21ClN6O2. The zero-order valence-electron chi connectivity index (χ0n) is 16.0. The summed E-state index contributed by atoms with van der Waals surface area (Å²) >= 11 is 5.87. The van der Waals surface area contributed by atoms with Crippen LogP contribution in [0.25, 0.3) is 5.95 Å². The molecule has 0 atom stereocenters. The summed E-state index contributed by atoms with van der Waals surface area (Å²) in [5.74, 6) is 0.728. The Balaban J connectivity index is 1.52. The second-order valence-electron chi connectivity index (χ2n) is 7.04. The van der Waals surface area contributed by atoms with Crippen molar-refractivity contribution in [2.45, 2.75) is 39.2 Å². The Morgan fingerprint density at radius 1 is 1.24 bits per heavy atom. The van der Waals surface area contributed by atoms with Gasteiger partial charge in [-0.1, -0.05) is 23.7 Å². The van der Waals surface area contributed by atoms with Crippen molar-refractivity contribution in [1.29, 1.82) is 0 Å². The fourth-order valence-electron chi connectivity index (χ4n) is 3.39. The molecule has 0 unspecified atom stereocenters. The predicted octanol–water partition coefficient (Wildman–Crippen LogP) is 3.12. The Kier molecular flexibility index (Phi) is 5.35. The van der Waals surface area contributed by atoms with Crippen molar-refractivity contribution in [3.63, 3.8) is 0 Å². The molecule has 1 aliphatic rings. The number of nitrogens with zero attached hydrogens (tertiary/aromatic N) is 3. The van der Waals surface area contributed by atoms with Gasteiger partial charge in [-0.25, -0.2) is 9.78 Å². The number of rotatable bonds is 4. The van der Waals surface area contributed by atoms with E-state index in [1.54, 1.807) is 18.2 Å². The van der Waals surface area contributed by atoms with Crippen molar-refractivity contribution in [1.82, 2.24) is 25.1 Å². The highest BCUT2D eigenvalue weighted by atomic mass is 35.5. The van der Waals surface area contributed by atoms with Crippen LogP contribution in [-0.2, 0) is 19.4 Å². The summed E-state index contributed by atoms with van der Waals surface area (Å²) in [6.45, 7) is 2.16. The number of aromatic amines is 1. The Hall–Kier alpha value is -3.13. The molecule has 9 heteroatoms. The van der Waals surface area contributed by atoms with Crippen molar-refractivity contribution in [3.05, 3.63) is 68.2 Å². The normalized spacial score (nSPS) is 13.0. The monoisotopic (exact) mass is 412 g/mol. The number of hydrogen-bond donors (Lipinski definition) is 3. The molecule has 1 aliphatic carbocycles. The number of amides is 2. The van der Waals surface area contributed by atoms with E-state index in [4.69, 9.17) is 11.6 Å². The summed E-state index contributed by atoms with van der Waals surface area (Å²) in [5.41, 5.74) is 3.03. The van der Waals surface area contributed by atoms with Gasteiger partial charge in [0.1, 0.15) is 5.82 Å². The average molecular weight is 413 g/mol. The lowest BCUT2D eigenvalue weighted by Gasteiger charge is -2.15. The number of benzene rings is 1. The summed E-state index contributed by atoms with van der Waals surface area (Å²) in [6, 6.07) is 8.57. The summed E-state index contributed by atoms with van der Waals surface area (Å²) < 4.78 is 1.45. The van der Waals surface area contributed by atoms with Crippen LogP contribution in [0.2, 0.25) is 5.02 Å². The Morgan fingerprint density at radius 3 is 2.79 bits per heavy atom. The van der Waals surface area contributed by atoms with Gasteiger partial charge in [-0.3, -0.25) is 15.1 Å². The largest absolute Gasteiger partial charge is 0.334 e. The predicted molar refractivity (Wildman–Crippen MR) is 111 cm³/mol. The number of nitrogens with one attached hydrogen (secondary N) is 3. The smallest absolute Gasteiger partial charge is 0.320 e. The minimum atomic E-state index is -0.388. The highest BCUT2D eigenvalue weighted by Crippen LogP contribution is 2.19. The first kappa shape index (κ1) is 19.2. The zero-order chi connectivity index (χ0) is 20.4. The standard InChI is InChI=1S/C20H21ClN6O2/c1-12-10-17(24-20(29)22-11-13-6-8-14(21)9-7-13)27(26-12)19-23-16-5-3-2-4-15(16)18(28)25-19/h6-10H,2-5,11H2,1H3,(H2,22,24,29)(H,23,25,28). The van der Waals surface area contributed by atoms with Gasteiger partial charge in [0.05, 0.1) is 11.4 Å². The maximum atomic E-state index is 12.4. The van der Waals surface area contributed by atoms with Crippen LogP contribution in [0.5, 0.6) is 0 Å². The number of hydrogen-bond acceptors (Lipinski definition) is 4. The van der Waals surface area contributed by atoms with E-state index in [1.165, 1.54) is 4.68 Å². The molecule has 1 aromatic carbocycles. The molecule has 0 fully saturated rings. The molecule has 2 amide bonds. The van der Waals surface area contributed by atoms with E-state index < -0.39 is 0 Å². The van der Waals surface area contributed by atoms with Gasteiger partial charge in [0.15, 0.2) is 0 Å². The van der Waals surface area contributed by atoms with Crippen LogP contribution in [0.3, 0.4) is 0 Å². The Bertz CT molecular complexity index is 1100. The molecule has 0 radical (unpaired) electrons. The number of anilines is 1. The summed E-state index contributed by atoms with van der Waals surface area (Å²) in [7, 11) is 0. The van der Waals surface area contributed by atoms with Gasteiger partial charge in [-0.2, -0.15) is 9.78 Å². The zero-order valence-corrected chi connectivity index (χ0v) is 16.7. The van der Waals surface area contributed by atoms with Crippen LogP contribution in [-0.4, -0.2) is 25.8 Å². The third kappa shape index (κ3) is 4.32. The summed E-state index contributed by atoms with van der Waals surface area (Å²) in [6.07, 6.45) is 3.53. The van der Waals surface area contributed by atoms with Gasteiger partial charge in [-0.15, -0.1) is 0 Å². The number of halogens is 1. The van der Waals surface area contributed by atoms with Gasteiger partial charge < -0.3 is 5.32 Å². The molecular weight excluding hydrogens is 392 g/mol. The topological polar surface area (TPSA) is 105 Å². The van der Waals surface area contributed by atoms with Crippen LogP contribution in [0.15, 0.2) is 35.1 Å². The summed E-state index contributed by atoms with van der Waals surface area (Å²) in [4.78, 5) is 32.2. The first-order valence-electron chi connectivity index (χ1n) is 9.48. The Morgan fingerprint density at radius 2 is 2.00 bits per heavy atom. The molecule has 0 aliphatic heterocycles. The second kappa shape index (κ2) is 8.08. The van der Waals surface area contributed by atoms with E-state index in [2.05, 4.69) is 25.7 Å². The number of urea groups is 1. The number of H-pyrrole nitrogens is 1. The van der Waals surface area contributed by atoms with E-state index in [9.17, 15) is 9.59 Å². The maximum Gasteiger partial charge on any atom is 0.320 e. The molecule has 4 rings (SSSR count). The molecule has 0 saturated carbocycles. The molecule has 2 aromatic heterocycles. The average Bonchev–Trinajstić information content (AvgIpc) is 3.07. The number of carbonyl (C=O) groups is 1. The van der Waals surface area contributed by atoms with E-state index in [1.807, 2.05) is 19.1 Å². The minimum Gasteiger partial charge on any atom is -0.334 e. The maximum absolute atomic E-state index is 12.4. The number of fused-ring (bicyclic) bond motifs is 1. The molecule has 0 spiro atoms. The number of aryl methyl sites for hydroxylation is 2. The first-order chi connectivity index (χ1) is 14.0. The SMILES string of the molecule is Cc1cc(NC(=O)NCc2ccc(Cl)cc2)n(-c2nc3c(c(=O)[nH]2)CCCC3)n1. The molecule has 8 nitrogen and oxygen atoms in total. The quantitative estimate of drug-likeness (QED) is 0.612. The van der Waals surface area contributed by atoms with Gasteiger partial charge in [-0.05, 0) is 50.3 Å². The molecule has 150 valence electrons. The molecule has 0 bridgehead atoms. The number of carbonyl (C=O) groups excluding carboxylic acids is 1. The highest BCUT2D eigenvalue weighted by Gasteiger charge is 2.18. The lowest BCUT2D eigenvalue weighted by molar-refractivity contribution is 0.251. The third-order valence-corrected chi connectivity index (χ3v) is 5.07. The van der Waals surface area contributed by atoms with Crippen molar-refractivity contribution in [2.24, 2.45) is 0 Å². The van der Waals surface area contributed by atoms with E-state index in [-0.39, 0.29) is 11.6 Å². The van der Waals surface area contributed by atoms with Crippen LogP contribution >= 0.6 is 11.6 Å². The lowest BCUT2D eigenvalue weighted by atomic mass is 9.97. The van der Waals surface area contributed by atoms with Gasteiger partial charge >= 0.3 is 6.03 Å². The van der Waals surface area contributed by atoms with E-state index >= 15 is 0 Å². The number of aromatic nitrogens is 4. The molecule has 3 N–H and O–H groups in total. The van der Waals surface area contributed by atoms with Crippen molar-refractivity contribution in [3.8, 4) is 5.95 Å². The van der Waals surface area contributed by atoms with Crippen molar-refractivity contribution in [2.75, 3.05) is 5.32 Å². The van der Waals surface area contributed by atoms with Gasteiger partial charge in [0.25, 0.3) is 5.56 Å². The van der Waals surface area contributed by atoms with Gasteiger partial charge in [0.2, 0.25) is 5.95 Å². The molecule has 3 aromatic rings. The Labute approximate surface area is 172 Å². The highest BCUT2D eigenvalue weighted by molar-refractivity contribution is 6.30. The van der Waals surface area contributed by atoms with Crippen LogP contribution in [0, 0.1) is 6.92 Å². The van der Waals surface area contributed by atoms with E-state index in [0.717, 1.165) is 42.5 Å². The van der Waals surface area contributed by atoms with Crippen LogP contribution in [0.4, 0.5) is 10.6 Å². The van der Waals surface area contributed by atoms with Crippen LogP contribution < -0.4 is 16.2 Å². The first-order valence-corrected chi connectivity index (χ1v) is 9.86. The van der Waals surface area contributed by atoms with Crippen molar-refractivity contribution >= 4 is 23.4 Å². The fraction of sp³-hybridized carbons (Fsp3) is 0.300. The third-order valence-electron chi connectivity index (χ3n) is 4.82. The van der Waals surface area contributed by atoms with Crippen LogP contribution in [0.1, 0.15) is 35.4 Å². The second-order valence-corrected chi connectivity index (χ2v) is 7.48. The fourth-order valence-corrected chi connectivity index (χ4v) is 3.51. The minimum absolute atomic E-state index is 0.143. The lowest BCUT2D eigenvalue weighted by Crippen LogP contribution is -2.30. The molecule has 29 heavy (non-hydrogen) atoms. The molecule has 2 heterocycles. The summed E-state index contributed by atoms with van der Waals surface area (Å²) in [5, 5.41) is 10.6.